The molecular formula is C19H30N2. The molecule has 0 spiro atoms. The minimum atomic E-state index is 0.793. The van der Waals surface area contributed by atoms with Gasteiger partial charge in [0.2, 0.25) is 0 Å². The molecule has 21 heavy (non-hydrogen) atoms. The zero-order chi connectivity index (χ0) is 14.7. The lowest BCUT2D eigenvalue weighted by Gasteiger charge is -2.34. The molecule has 1 saturated carbocycles. The van der Waals surface area contributed by atoms with E-state index in [1.54, 1.807) is 5.56 Å². The Morgan fingerprint density at radius 2 is 1.95 bits per heavy atom. The van der Waals surface area contributed by atoms with E-state index in [-0.39, 0.29) is 0 Å². The SMILES string of the molecule is CCC1CCC(N(C)Cc2ccc3c(c2)CNCC3)CC1. The average Bonchev–Trinajstić information content (AvgIpc) is 2.55. The Kier molecular flexibility index (Phi) is 4.97. The lowest BCUT2D eigenvalue weighted by molar-refractivity contribution is 0.157. The van der Waals surface area contributed by atoms with Crippen LogP contribution >= 0.6 is 0 Å². The van der Waals surface area contributed by atoms with E-state index in [1.807, 2.05) is 0 Å². The molecule has 2 nitrogen and oxygen atoms in total. The van der Waals surface area contributed by atoms with E-state index in [9.17, 15) is 0 Å². The van der Waals surface area contributed by atoms with Crippen LogP contribution in [0, 0.1) is 5.92 Å². The molecule has 0 aromatic heterocycles. The molecule has 2 aliphatic rings. The van der Waals surface area contributed by atoms with E-state index in [1.165, 1.54) is 49.7 Å². The van der Waals surface area contributed by atoms with Crippen molar-refractivity contribution in [1.29, 1.82) is 0 Å². The summed E-state index contributed by atoms with van der Waals surface area (Å²) in [5, 5.41) is 3.48. The van der Waals surface area contributed by atoms with Crippen molar-refractivity contribution in [3.63, 3.8) is 0 Å². The Morgan fingerprint density at radius 1 is 1.14 bits per heavy atom. The van der Waals surface area contributed by atoms with Gasteiger partial charge in [0.15, 0.2) is 0 Å². The van der Waals surface area contributed by atoms with Gasteiger partial charge in [0.25, 0.3) is 0 Å². The van der Waals surface area contributed by atoms with Gasteiger partial charge in [0, 0.05) is 19.1 Å². The number of nitrogens with one attached hydrogen (secondary N) is 1. The van der Waals surface area contributed by atoms with E-state index in [2.05, 4.69) is 42.4 Å². The number of fused-ring (bicyclic) bond motifs is 1. The number of hydrogen-bond acceptors (Lipinski definition) is 2. The first kappa shape index (κ1) is 15.1. The van der Waals surface area contributed by atoms with Crippen LogP contribution in [0.15, 0.2) is 18.2 Å². The van der Waals surface area contributed by atoms with E-state index in [4.69, 9.17) is 0 Å². The minimum absolute atomic E-state index is 0.793. The molecule has 0 radical (unpaired) electrons. The fourth-order valence-electron chi connectivity index (χ4n) is 4.04. The van der Waals surface area contributed by atoms with Crippen molar-refractivity contribution in [2.45, 2.75) is 64.6 Å². The lowest BCUT2D eigenvalue weighted by Crippen LogP contribution is -2.34. The van der Waals surface area contributed by atoms with Crippen LogP contribution in [0.4, 0.5) is 0 Å². The maximum absolute atomic E-state index is 3.48. The highest BCUT2D eigenvalue weighted by molar-refractivity contribution is 5.33. The predicted octanol–water partition coefficient (Wildman–Crippen LogP) is 3.73. The first-order chi connectivity index (χ1) is 10.3. The zero-order valence-corrected chi connectivity index (χ0v) is 13.7. The molecule has 0 bridgehead atoms. The molecular weight excluding hydrogens is 256 g/mol. The molecule has 0 saturated heterocycles. The van der Waals surface area contributed by atoms with Gasteiger partial charge in [0.1, 0.15) is 0 Å². The monoisotopic (exact) mass is 286 g/mol. The molecule has 1 heterocycles. The Hall–Kier alpha value is -0.860. The molecule has 0 amide bonds. The highest BCUT2D eigenvalue weighted by Crippen LogP contribution is 2.29. The summed E-state index contributed by atoms with van der Waals surface area (Å²) >= 11 is 0. The van der Waals surface area contributed by atoms with Crippen molar-refractivity contribution >= 4 is 0 Å². The molecule has 1 aromatic carbocycles. The van der Waals surface area contributed by atoms with Crippen LogP contribution in [-0.2, 0) is 19.5 Å². The molecule has 0 unspecified atom stereocenters. The molecule has 3 rings (SSSR count). The maximum atomic E-state index is 3.48. The van der Waals surface area contributed by atoms with Crippen LogP contribution in [0.2, 0.25) is 0 Å². The van der Waals surface area contributed by atoms with E-state index in [0.29, 0.717) is 0 Å². The molecule has 116 valence electrons. The molecule has 1 aromatic rings. The zero-order valence-electron chi connectivity index (χ0n) is 13.7. The van der Waals surface area contributed by atoms with E-state index in [0.717, 1.165) is 31.6 Å². The van der Waals surface area contributed by atoms with Crippen LogP contribution in [0.5, 0.6) is 0 Å². The Morgan fingerprint density at radius 3 is 2.71 bits per heavy atom. The number of hydrogen-bond donors (Lipinski definition) is 1. The summed E-state index contributed by atoms with van der Waals surface area (Å²) in [5.41, 5.74) is 4.54. The second kappa shape index (κ2) is 6.93. The summed E-state index contributed by atoms with van der Waals surface area (Å²) in [6.07, 6.45) is 8.20. The number of benzene rings is 1. The fraction of sp³-hybridized carbons (Fsp3) is 0.684. The molecule has 0 atom stereocenters. The van der Waals surface area contributed by atoms with Crippen LogP contribution in [0.3, 0.4) is 0 Å². The topological polar surface area (TPSA) is 15.3 Å². The largest absolute Gasteiger partial charge is 0.312 e. The van der Waals surface area contributed by atoms with Crippen LogP contribution < -0.4 is 5.32 Å². The predicted molar refractivity (Wildman–Crippen MR) is 89.4 cm³/mol. The summed E-state index contributed by atoms with van der Waals surface area (Å²) < 4.78 is 0. The number of rotatable bonds is 4. The van der Waals surface area contributed by atoms with Gasteiger partial charge < -0.3 is 5.32 Å². The summed E-state index contributed by atoms with van der Waals surface area (Å²) in [4.78, 5) is 2.59. The highest BCUT2D eigenvalue weighted by Gasteiger charge is 2.23. The smallest absolute Gasteiger partial charge is 0.0233 e. The summed E-state index contributed by atoms with van der Waals surface area (Å²) in [6.45, 7) is 5.63. The third-order valence-electron chi connectivity index (χ3n) is 5.61. The summed E-state index contributed by atoms with van der Waals surface area (Å²) in [6, 6.07) is 7.92. The Bertz CT molecular complexity index is 461. The highest BCUT2D eigenvalue weighted by atomic mass is 15.1. The first-order valence-electron chi connectivity index (χ1n) is 8.78. The van der Waals surface area contributed by atoms with Gasteiger partial charge in [-0.05, 0) is 68.3 Å². The number of nitrogens with zero attached hydrogens (tertiary/aromatic N) is 1. The van der Waals surface area contributed by atoms with Gasteiger partial charge in [0.05, 0.1) is 0 Å². The van der Waals surface area contributed by atoms with Gasteiger partial charge in [-0.2, -0.15) is 0 Å². The van der Waals surface area contributed by atoms with Gasteiger partial charge in [-0.1, -0.05) is 31.5 Å². The van der Waals surface area contributed by atoms with Crippen molar-refractivity contribution in [2.75, 3.05) is 13.6 Å². The molecule has 2 heteroatoms. The van der Waals surface area contributed by atoms with Crippen molar-refractivity contribution < 1.29 is 0 Å². The molecule has 1 aliphatic carbocycles. The molecule has 1 N–H and O–H groups in total. The first-order valence-corrected chi connectivity index (χ1v) is 8.78. The third-order valence-corrected chi connectivity index (χ3v) is 5.61. The van der Waals surface area contributed by atoms with Gasteiger partial charge in [-0.3, -0.25) is 4.90 Å². The second-order valence-corrected chi connectivity index (χ2v) is 7.03. The van der Waals surface area contributed by atoms with Crippen molar-refractivity contribution in [3.8, 4) is 0 Å². The van der Waals surface area contributed by atoms with E-state index >= 15 is 0 Å². The van der Waals surface area contributed by atoms with Crippen LogP contribution in [-0.4, -0.2) is 24.5 Å². The fourth-order valence-corrected chi connectivity index (χ4v) is 4.04. The molecule has 1 aliphatic heterocycles. The lowest BCUT2D eigenvalue weighted by atomic mass is 9.84. The minimum Gasteiger partial charge on any atom is -0.312 e. The van der Waals surface area contributed by atoms with Gasteiger partial charge >= 0.3 is 0 Å². The van der Waals surface area contributed by atoms with Crippen molar-refractivity contribution in [3.05, 3.63) is 34.9 Å². The van der Waals surface area contributed by atoms with Gasteiger partial charge in [-0.25, -0.2) is 0 Å². The van der Waals surface area contributed by atoms with Gasteiger partial charge in [-0.15, -0.1) is 0 Å². The quantitative estimate of drug-likeness (QED) is 0.907. The summed E-state index contributed by atoms with van der Waals surface area (Å²) in [7, 11) is 2.31. The molecule has 1 fully saturated rings. The third kappa shape index (κ3) is 3.67. The maximum Gasteiger partial charge on any atom is 0.0233 e. The Balaban J connectivity index is 1.58. The normalized spacial score (nSPS) is 25.9. The average molecular weight is 286 g/mol. The second-order valence-electron chi connectivity index (χ2n) is 7.03. The van der Waals surface area contributed by atoms with Crippen LogP contribution in [0.25, 0.3) is 0 Å². The van der Waals surface area contributed by atoms with Crippen molar-refractivity contribution in [1.82, 2.24) is 10.2 Å². The van der Waals surface area contributed by atoms with E-state index < -0.39 is 0 Å². The standard InChI is InChI=1S/C19H30N2/c1-3-15-5-8-19(9-6-15)21(2)14-16-4-7-17-10-11-20-13-18(17)12-16/h4,7,12,15,19-20H,3,5-6,8-11,13-14H2,1-2H3. The van der Waals surface area contributed by atoms with Crippen LogP contribution in [0.1, 0.15) is 55.7 Å². The Labute approximate surface area is 129 Å². The summed E-state index contributed by atoms with van der Waals surface area (Å²) in [5.74, 6) is 0.990. The van der Waals surface area contributed by atoms with Crippen molar-refractivity contribution in [2.24, 2.45) is 5.92 Å².